The molecule has 0 N–H and O–H groups in total. The molecule has 4 nitrogen and oxygen atoms in total. The lowest BCUT2D eigenvalue weighted by molar-refractivity contribution is 0.244. The van der Waals surface area contributed by atoms with Crippen molar-refractivity contribution in [1.29, 1.82) is 5.26 Å². The molecule has 0 saturated carbocycles. The zero-order valence-corrected chi connectivity index (χ0v) is 12.4. The fourth-order valence-corrected chi connectivity index (χ4v) is 3.17. The van der Waals surface area contributed by atoms with Crippen molar-refractivity contribution in [3.8, 4) is 6.07 Å². The maximum atomic E-state index is 9.16. The van der Waals surface area contributed by atoms with E-state index in [2.05, 4.69) is 41.2 Å². The highest BCUT2D eigenvalue weighted by atomic mass is 15.2. The standard InChI is InChI=1S/C17H20N4/c1-2-20-12-14(10-15(20)11-18)13-21-9-5-7-17(21)16-6-3-4-8-19-16/h3-4,6,8,10,12,17H,2,5,7,9,13H2,1H3. The van der Waals surface area contributed by atoms with E-state index in [-0.39, 0.29) is 0 Å². The van der Waals surface area contributed by atoms with Crippen molar-refractivity contribution in [2.45, 2.75) is 38.9 Å². The summed E-state index contributed by atoms with van der Waals surface area (Å²) < 4.78 is 2.02. The number of aryl methyl sites for hydroxylation is 1. The van der Waals surface area contributed by atoms with Crippen LogP contribution in [0.1, 0.15) is 42.8 Å². The number of rotatable bonds is 4. The average Bonchev–Trinajstić information content (AvgIpc) is 3.14. The first-order valence-corrected chi connectivity index (χ1v) is 7.56. The maximum absolute atomic E-state index is 9.16. The Morgan fingerprint density at radius 3 is 3.00 bits per heavy atom. The molecule has 2 aromatic heterocycles. The van der Waals surface area contributed by atoms with E-state index in [0.29, 0.717) is 6.04 Å². The molecule has 1 aliphatic rings. The molecule has 1 atom stereocenters. The summed E-state index contributed by atoms with van der Waals surface area (Å²) in [5.74, 6) is 0. The topological polar surface area (TPSA) is 44.9 Å². The molecule has 3 heterocycles. The van der Waals surface area contributed by atoms with E-state index in [1.54, 1.807) is 0 Å². The summed E-state index contributed by atoms with van der Waals surface area (Å²) in [4.78, 5) is 6.98. The first kappa shape index (κ1) is 13.8. The molecule has 0 amide bonds. The summed E-state index contributed by atoms with van der Waals surface area (Å²) in [5, 5.41) is 9.16. The van der Waals surface area contributed by atoms with Crippen LogP contribution in [-0.2, 0) is 13.1 Å². The average molecular weight is 280 g/mol. The van der Waals surface area contributed by atoms with Crippen molar-refractivity contribution < 1.29 is 0 Å². The van der Waals surface area contributed by atoms with Crippen LogP contribution < -0.4 is 0 Å². The van der Waals surface area contributed by atoms with Gasteiger partial charge >= 0.3 is 0 Å². The Morgan fingerprint density at radius 2 is 2.33 bits per heavy atom. The van der Waals surface area contributed by atoms with E-state index in [0.717, 1.165) is 37.4 Å². The van der Waals surface area contributed by atoms with Crippen molar-refractivity contribution in [2.75, 3.05) is 6.54 Å². The molecular weight excluding hydrogens is 260 g/mol. The van der Waals surface area contributed by atoms with Crippen molar-refractivity contribution in [3.63, 3.8) is 0 Å². The van der Waals surface area contributed by atoms with Gasteiger partial charge in [0.1, 0.15) is 11.8 Å². The molecular formula is C17H20N4. The summed E-state index contributed by atoms with van der Waals surface area (Å²) in [7, 11) is 0. The molecule has 1 saturated heterocycles. The molecule has 1 fully saturated rings. The number of aromatic nitrogens is 2. The first-order chi connectivity index (χ1) is 10.3. The number of likely N-dealkylation sites (tertiary alicyclic amines) is 1. The van der Waals surface area contributed by atoms with Crippen LogP contribution in [0.3, 0.4) is 0 Å². The van der Waals surface area contributed by atoms with Gasteiger partial charge in [0.2, 0.25) is 0 Å². The van der Waals surface area contributed by atoms with Gasteiger partial charge in [-0.25, -0.2) is 0 Å². The van der Waals surface area contributed by atoms with Crippen LogP contribution in [0.5, 0.6) is 0 Å². The van der Waals surface area contributed by atoms with Crippen LogP contribution >= 0.6 is 0 Å². The number of hydrogen-bond donors (Lipinski definition) is 0. The SMILES string of the molecule is CCn1cc(CN2CCCC2c2ccccn2)cc1C#N. The lowest BCUT2D eigenvalue weighted by atomic mass is 10.1. The normalized spacial score (nSPS) is 18.8. The van der Waals surface area contributed by atoms with E-state index in [9.17, 15) is 0 Å². The Balaban J connectivity index is 1.78. The smallest absolute Gasteiger partial charge is 0.120 e. The third-order valence-electron chi connectivity index (χ3n) is 4.19. The van der Waals surface area contributed by atoms with Gasteiger partial charge in [0.25, 0.3) is 0 Å². The fourth-order valence-electron chi connectivity index (χ4n) is 3.17. The summed E-state index contributed by atoms with van der Waals surface area (Å²) in [6.45, 7) is 4.90. The predicted molar refractivity (Wildman–Crippen MR) is 81.4 cm³/mol. The Labute approximate surface area is 125 Å². The third-order valence-corrected chi connectivity index (χ3v) is 4.19. The molecule has 0 spiro atoms. The minimum Gasteiger partial charge on any atom is -0.339 e. The highest BCUT2D eigenvalue weighted by Gasteiger charge is 2.27. The zero-order valence-electron chi connectivity index (χ0n) is 12.4. The lowest BCUT2D eigenvalue weighted by Crippen LogP contribution is -2.23. The second-order valence-corrected chi connectivity index (χ2v) is 5.51. The van der Waals surface area contributed by atoms with Crippen LogP contribution in [0, 0.1) is 11.3 Å². The van der Waals surface area contributed by atoms with Crippen LogP contribution in [-0.4, -0.2) is 21.0 Å². The molecule has 1 aliphatic heterocycles. The summed E-state index contributed by atoms with van der Waals surface area (Å²) in [6.07, 6.45) is 6.34. The minimum atomic E-state index is 0.404. The predicted octanol–water partition coefficient (Wildman–Crippen LogP) is 3.11. The molecule has 2 aromatic rings. The first-order valence-electron chi connectivity index (χ1n) is 7.56. The van der Waals surface area contributed by atoms with Crippen LogP contribution in [0.2, 0.25) is 0 Å². The molecule has 0 radical (unpaired) electrons. The largest absolute Gasteiger partial charge is 0.339 e. The van der Waals surface area contributed by atoms with Gasteiger partial charge in [0, 0.05) is 25.5 Å². The Morgan fingerprint density at radius 1 is 1.43 bits per heavy atom. The van der Waals surface area contributed by atoms with E-state index in [1.165, 1.54) is 12.0 Å². The zero-order chi connectivity index (χ0) is 14.7. The number of nitrogens with zero attached hydrogens (tertiary/aromatic N) is 4. The number of nitriles is 1. The molecule has 3 rings (SSSR count). The van der Waals surface area contributed by atoms with Crippen molar-refractivity contribution in [1.82, 2.24) is 14.5 Å². The van der Waals surface area contributed by atoms with Gasteiger partial charge in [0.15, 0.2) is 0 Å². The lowest BCUT2D eigenvalue weighted by Gasteiger charge is -2.23. The molecule has 0 aromatic carbocycles. The van der Waals surface area contributed by atoms with Crippen molar-refractivity contribution in [3.05, 3.63) is 53.6 Å². The highest BCUT2D eigenvalue weighted by molar-refractivity contribution is 5.29. The Kier molecular flexibility index (Phi) is 4.03. The van der Waals surface area contributed by atoms with Crippen molar-refractivity contribution in [2.24, 2.45) is 0 Å². The monoisotopic (exact) mass is 280 g/mol. The van der Waals surface area contributed by atoms with Gasteiger partial charge in [-0.2, -0.15) is 5.26 Å². The summed E-state index contributed by atoms with van der Waals surface area (Å²) in [6, 6.07) is 10.8. The van der Waals surface area contributed by atoms with E-state index in [1.807, 2.05) is 22.9 Å². The van der Waals surface area contributed by atoms with E-state index >= 15 is 0 Å². The Bertz CT molecular complexity index is 639. The maximum Gasteiger partial charge on any atom is 0.120 e. The fraction of sp³-hybridized carbons (Fsp3) is 0.412. The third kappa shape index (κ3) is 2.84. The van der Waals surface area contributed by atoms with Gasteiger partial charge in [-0.15, -0.1) is 0 Å². The summed E-state index contributed by atoms with van der Waals surface area (Å²) in [5.41, 5.74) is 3.13. The van der Waals surface area contributed by atoms with Crippen molar-refractivity contribution >= 4 is 0 Å². The molecule has 0 bridgehead atoms. The second-order valence-electron chi connectivity index (χ2n) is 5.51. The van der Waals surface area contributed by atoms with Gasteiger partial charge in [-0.1, -0.05) is 6.07 Å². The summed E-state index contributed by atoms with van der Waals surface area (Å²) >= 11 is 0. The molecule has 21 heavy (non-hydrogen) atoms. The number of hydrogen-bond acceptors (Lipinski definition) is 3. The molecule has 108 valence electrons. The van der Waals surface area contributed by atoms with E-state index in [4.69, 9.17) is 5.26 Å². The van der Waals surface area contributed by atoms with Gasteiger partial charge in [-0.05, 0) is 50.1 Å². The Hall–Kier alpha value is -2.12. The second kappa shape index (κ2) is 6.11. The van der Waals surface area contributed by atoms with Crippen LogP contribution in [0.25, 0.3) is 0 Å². The van der Waals surface area contributed by atoms with Crippen LogP contribution in [0.15, 0.2) is 36.7 Å². The quantitative estimate of drug-likeness (QED) is 0.864. The van der Waals surface area contributed by atoms with E-state index < -0.39 is 0 Å². The number of pyridine rings is 1. The molecule has 0 aliphatic carbocycles. The molecule has 1 unspecified atom stereocenters. The van der Waals surface area contributed by atoms with Gasteiger partial charge in [0.05, 0.1) is 11.7 Å². The van der Waals surface area contributed by atoms with Gasteiger partial charge < -0.3 is 4.57 Å². The van der Waals surface area contributed by atoms with Gasteiger partial charge in [-0.3, -0.25) is 9.88 Å². The van der Waals surface area contributed by atoms with Crippen LogP contribution in [0.4, 0.5) is 0 Å². The molecule has 4 heteroatoms. The minimum absolute atomic E-state index is 0.404. The highest BCUT2D eigenvalue weighted by Crippen LogP contribution is 2.32.